The molecule has 2 N–H and O–H groups in total. The Hall–Kier alpha value is -1.40. The maximum Gasteiger partial charge on any atom is 0.573 e. The molecular formula is C13H17ClF3NO2. The normalized spacial score (nSPS) is 12.2. The van der Waals surface area contributed by atoms with E-state index in [2.05, 4.69) is 11.3 Å². The van der Waals surface area contributed by atoms with Crippen molar-refractivity contribution in [2.45, 2.75) is 25.2 Å². The SMILES string of the molecule is C=CCC[C@@H](N)c1cc(OC(F)(F)F)ccc1OC.Cl. The van der Waals surface area contributed by atoms with Gasteiger partial charge < -0.3 is 15.2 Å². The molecule has 0 amide bonds. The molecule has 1 aromatic rings. The second-order valence-corrected chi connectivity index (χ2v) is 3.92. The molecule has 0 aliphatic carbocycles. The molecule has 0 aromatic heterocycles. The smallest absolute Gasteiger partial charge is 0.496 e. The fourth-order valence-electron chi connectivity index (χ4n) is 1.65. The lowest BCUT2D eigenvalue weighted by atomic mass is 10.0. The van der Waals surface area contributed by atoms with Crippen LogP contribution in [0, 0.1) is 0 Å². The summed E-state index contributed by atoms with van der Waals surface area (Å²) in [6, 6.07) is 3.41. The Morgan fingerprint density at radius 3 is 2.55 bits per heavy atom. The van der Waals surface area contributed by atoms with Crippen molar-refractivity contribution >= 4 is 12.4 Å². The third-order valence-electron chi connectivity index (χ3n) is 2.52. The molecule has 0 spiro atoms. The van der Waals surface area contributed by atoms with E-state index in [4.69, 9.17) is 10.5 Å². The lowest BCUT2D eigenvalue weighted by Crippen LogP contribution is -2.18. The van der Waals surface area contributed by atoms with Crippen LogP contribution < -0.4 is 15.2 Å². The van der Waals surface area contributed by atoms with Crippen LogP contribution in [0.15, 0.2) is 30.9 Å². The highest BCUT2D eigenvalue weighted by Crippen LogP contribution is 2.32. The Bertz CT molecular complexity index is 438. The highest BCUT2D eigenvalue weighted by atomic mass is 35.5. The van der Waals surface area contributed by atoms with Crippen LogP contribution in [0.5, 0.6) is 11.5 Å². The minimum atomic E-state index is -4.73. The molecule has 20 heavy (non-hydrogen) atoms. The molecule has 1 atom stereocenters. The van der Waals surface area contributed by atoms with Gasteiger partial charge in [0.25, 0.3) is 0 Å². The summed E-state index contributed by atoms with van der Waals surface area (Å²) >= 11 is 0. The third kappa shape index (κ3) is 5.71. The van der Waals surface area contributed by atoms with Gasteiger partial charge in [0.15, 0.2) is 0 Å². The summed E-state index contributed by atoms with van der Waals surface area (Å²) in [7, 11) is 1.43. The Morgan fingerprint density at radius 2 is 2.05 bits per heavy atom. The number of ether oxygens (including phenoxy) is 2. The number of hydrogen-bond donors (Lipinski definition) is 1. The molecule has 1 aromatic carbocycles. The molecule has 0 aliphatic heterocycles. The molecule has 0 radical (unpaired) electrons. The minimum Gasteiger partial charge on any atom is -0.496 e. The van der Waals surface area contributed by atoms with Crippen molar-refractivity contribution in [2.24, 2.45) is 5.73 Å². The number of halogens is 4. The predicted octanol–water partition coefficient (Wildman–Crippen LogP) is 3.98. The van der Waals surface area contributed by atoms with Gasteiger partial charge in [0.1, 0.15) is 11.5 Å². The minimum absolute atomic E-state index is 0. The van der Waals surface area contributed by atoms with Gasteiger partial charge in [-0.15, -0.1) is 32.2 Å². The van der Waals surface area contributed by atoms with Crippen LogP contribution in [0.2, 0.25) is 0 Å². The van der Waals surface area contributed by atoms with Crippen molar-refractivity contribution in [1.82, 2.24) is 0 Å². The molecule has 114 valence electrons. The number of rotatable bonds is 6. The summed E-state index contributed by atoms with van der Waals surface area (Å²) in [5.74, 6) is 0.128. The maximum absolute atomic E-state index is 12.2. The molecule has 1 rings (SSSR count). The number of hydrogen-bond acceptors (Lipinski definition) is 3. The Balaban J connectivity index is 0.00000361. The number of nitrogens with two attached hydrogens (primary N) is 1. The lowest BCUT2D eigenvalue weighted by molar-refractivity contribution is -0.274. The quantitative estimate of drug-likeness (QED) is 0.808. The van der Waals surface area contributed by atoms with Crippen molar-refractivity contribution in [2.75, 3.05) is 7.11 Å². The highest BCUT2D eigenvalue weighted by Gasteiger charge is 2.31. The van der Waals surface area contributed by atoms with E-state index in [9.17, 15) is 13.2 Å². The number of benzene rings is 1. The highest BCUT2D eigenvalue weighted by molar-refractivity contribution is 5.85. The second-order valence-electron chi connectivity index (χ2n) is 3.92. The molecule has 7 heteroatoms. The van der Waals surface area contributed by atoms with Crippen molar-refractivity contribution in [3.05, 3.63) is 36.4 Å². The first-order chi connectivity index (χ1) is 8.87. The van der Waals surface area contributed by atoms with Crippen LogP contribution in [0.3, 0.4) is 0 Å². The van der Waals surface area contributed by atoms with Crippen molar-refractivity contribution in [3.63, 3.8) is 0 Å². The van der Waals surface area contributed by atoms with Crippen molar-refractivity contribution < 1.29 is 22.6 Å². The summed E-state index contributed by atoms with van der Waals surface area (Å²) in [5, 5.41) is 0. The first-order valence-electron chi connectivity index (χ1n) is 5.67. The molecule has 0 aliphatic rings. The molecule has 3 nitrogen and oxygen atoms in total. The molecule has 0 saturated heterocycles. The molecule has 0 saturated carbocycles. The molecular weight excluding hydrogens is 295 g/mol. The summed E-state index contributed by atoms with van der Waals surface area (Å²) < 4.78 is 45.4. The molecule has 0 bridgehead atoms. The largest absolute Gasteiger partial charge is 0.573 e. The van der Waals surface area contributed by atoms with Crippen molar-refractivity contribution in [3.8, 4) is 11.5 Å². The topological polar surface area (TPSA) is 44.5 Å². The van der Waals surface area contributed by atoms with Gasteiger partial charge in [-0.05, 0) is 31.0 Å². The molecule has 0 fully saturated rings. The third-order valence-corrected chi connectivity index (χ3v) is 2.52. The van der Waals surface area contributed by atoms with Gasteiger partial charge in [0.05, 0.1) is 7.11 Å². The van der Waals surface area contributed by atoms with Crippen LogP contribution in [-0.2, 0) is 0 Å². The van der Waals surface area contributed by atoms with Gasteiger partial charge in [0.2, 0.25) is 0 Å². The summed E-state index contributed by atoms with van der Waals surface area (Å²) in [6.45, 7) is 3.57. The first-order valence-corrected chi connectivity index (χ1v) is 5.67. The van der Waals surface area contributed by atoms with E-state index < -0.39 is 12.4 Å². The van der Waals surface area contributed by atoms with E-state index in [0.717, 1.165) is 0 Å². The van der Waals surface area contributed by atoms with Crippen molar-refractivity contribution in [1.29, 1.82) is 0 Å². The average Bonchev–Trinajstić information content (AvgIpc) is 2.34. The fraction of sp³-hybridized carbons (Fsp3) is 0.385. The Morgan fingerprint density at radius 1 is 1.40 bits per heavy atom. The zero-order valence-electron chi connectivity index (χ0n) is 10.9. The van der Waals surface area contributed by atoms with Crippen LogP contribution in [0.4, 0.5) is 13.2 Å². The van der Waals surface area contributed by atoms with Gasteiger partial charge in [-0.1, -0.05) is 6.08 Å². The summed E-state index contributed by atoms with van der Waals surface area (Å²) in [5.41, 5.74) is 6.40. The average molecular weight is 312 g/mol. The van der Waals surface area contributed by atoms with E-state index in [1.165, 1.54) is 25.3 Å². The first kappa shape index (κ1) is 18.6. The van der Waals surface area contributed by atoms with Gasteiger partial charge in [-0.3, -0.25) is 0 Å². The van der Waals surface area contributed by atoms with Crippen LogP contribution in [0.25, 0.3) is 0 Å². The Labute approximate surface area is 122 Å². The monoisotopic (exact) mass is 311 g/mol. The maximum atomic E-state index is 12.2. The Kier molecular flexibility index (Phi) is 7.45. The fourth-order valence-corrected chi connectivity index (χ4v) is 1.65. The van der Waals surface area contributed by atoms with Gasteiger partial charge in [-0.25, -0.2) is 0 Å². The predicted molar refractivity (Wildman–Crippen MR) is 73.3 cm³/mol. The van der Waals surface area contributed by atoms with E-state index in [-0.39, 0.29) is 18.2 Å². The van der Waals surface area contributed by atoms with E-state index in [1.54, 1.807) is 6.08 Å². The second kappa shape index (κ2) is 8.01. The number of allylic oxidation sites excluding steroid dienone is 1. The standard InChI is InChI=1S/C13H16F3NO2.ClH/c1-3-4-5-11(17)10-8-9(19-13(14,15)16)6-7-12(10)18-2;/h3,6-8,11H,1,4-5,17H2,2H3;1H/t11-;/m1./s1. The van der Waals surface area contributed by atoms with E-state index in [0.29, 0.717) is 24.2 Å². The van der Waals surface area contributed by atoms with Gasteiger partial charge in [-0.2, -0.15) is 0 Å². The number of methoxy groups -OCH3 is 1. The van der Waals surface area contributed by atoms with Crippen LogP contribution >= 0.6 is 12.4 Å². The number of alkyl halides is 3. The van der Waals surface area contributed by atoms with Crippen LogP contribution in [0.1, 0.15) is 24.4 Å². The summed E-state index contributed by atoms with van der Waals surface area (Å²) in [4.78, 5) is 0. The lowest BCUT2D eigenvalue weighted by Gasteiger charge is -2.17. The zero-order valence-corrected chi connectivity index (χ0v) is 11.8. The van der Waals surface area contributed by atoms with Crippen LogP contribution in [-0.4, -0.2) is 13.5 Å². The van der Waals surface area contributed by atoms with Gasteiger partial charge in [0, 0.05) is 11.6 Å². The van der Waals surface area contributed by atoms with E-state index >= 15 is 0 Å². The zero-order chi connectivity index (χ0) is 14.5. The van der Waals surface area contributed by atoms with E-state index in [1.807, 2.05) is 0 Å². The van der Waals surface area contributed by atoms with Gasteiger partial charge >= 0.3 is 6.36 Å². The summed E-state index contributed by atoms with van der Waals surface area (Å²) in [6.07, 6.45) is -1.80. The molecule has 0 unspecified atom stereocenters. The molecule has 0 heterocycles.